The van der Waals surface area contributed by atoms with Crippen molar-refractivity contribution in [2.75, 3.05) is 0 Å². The monoisotopic (exact) mass is 404 g/mol. The summed E-state index contributed by atoms with van der Waals surface area (Å²) in [4.78, 5) is 23.7. The van der Waals surface area contributed by atoms with Crippen molar-refractivity contribution in [3.63, 3.8) is 0 Å². The summed E-state index contributed by atoms with van der Waals surface area (Å²) in [7, 11) is 0. The predicted octanol–water partition coefficient (Wildman–Crippen LogP) is 4.60. The Morgan fingerprint density at radius 1 is 1.07 bits per heavy atom. The predicted molar refractivity (Wildman–Crippen MR) is 109 cm³/mol. The van der Waals surface area contributed by atoms with Crippen molar-refractivity contribution in [3.8, 4) is 23.0 Å². The summed E-state index contributed by atoms with van der Waals surface area (Å²) < 4.78 is 16.8. The Morgan fingerprint density at radius 3 is 2.50 bits per heavy atom. The van der Waals surface area contributed by atoms with Crippen LogP contribution in [-0.4, -0.2) is 16.9 Å². The highest BCUT2D eigenvalue weighted by Crippen LogP contribution is 2.42. The lowest BCUT2D eigenvalue weighted by Crippen LogP contribution is -2.20. The molecule has 0 saturated heterocycles. The van der Waals surface area contributed by atoms with Crippen molar-refractivity contribution >= 4 is 11.8 Å². The van der Waals surface area contributed by atoms with Crippen LogP contribution in [0.2, 0.25) is 0 Å². The van der Waals surface area contributed by atoms with Crippen molar-refractivity contribution < 1.29 is 28.9 Å². The van der Waals surface area contributed by atoms with Gasteiger partial charge in [0, 0.05) is 19.1 Å². The number of phenols is 1. The number of Topliss-reactive ketones (excluding diaryl/α,β-unsaturated/α-hetero) is 1. The van der Waals surface area contributed by atoms with Crippen molar-refractivity contribution in [3.05, 3.63) is 83.4 Å². The first-order chi connectivity index (χ1) is 14.5. The maximum atomic E-state index is 12.6. The fourth-order valence-electron chi connectivity index (χ4n) is 3.34. The summed E-state index contributed by atoms with van der Waals surface area (Å²) in [6.07, 6.45) is -0.419. The molecule has 0 fully saturated rings. The van der Waals surface area contributed by atoms with Crippen LogP contribution in [0.3, 0.4) is 0 Å². The third kappa shape index (κ3) is 4.27. The molecule has 0 aromatic heterocycles. The zero-order chi connectivity index (χ0) is 21.1. The van der Waals surface area contributed by atoms with E-state index in [9.17, 15) is 14.7 Å². The van der Waals surface area contributed by atoms with Crippen molar-refractivity contribution in [1.29, 1.82) is 0 Å². The lowest BCUT2D eigenvalue weighted by Gasteiger charge is -2.26. The van der Waals surface area contributed by atoms with Gasteiger partial charge in [-0.3, -0.25) is 9.59 Å². The Labute approximate surface area is 173 Å². The Hall–Kier alpha value is -3.80. The van der Waals surface area contributed by atoms with E-state index in [0.29, 0.717) is 18.1 Å². The molecule has 1 heterocycles. The summed E-state index contributed by atoms with van der Waals surface area (Å²) in [6.45, 7) is 1.66. The van der Waals surface area contributed by atoms with Crippen LogP contribution in [0.1, 0.15) is 40.9 Å². The number of aromatic hydroxyl groups is 1. The summed E-state index contributed by atoms with van der Waals surface area (Å²) in [5, 5.41) is 10.4. The largest absolute Gasteiger partial charge is 0.507 e. The molecule has 152 valence electrons. The number of phenolic OH excluding ortho intramolecular Hbond substituents is 1. The fourth-order valence-corrected chi connectivity index (χ4v) is 3.34. The highest BCUT2D eigenvalue weighted by molar-refractivity contribution is 6.02. The molecule has 1 aliphatic heterocycles. The molecule has 3 aromatic carbocycles. The molecular weight excluding hydrogens is 384 g/mol. The van der Waals surface area contributed by atoms with Crippen LogP contribution in [0, 0.1) is 0 Å². The van der Waals surface area contributed by atoms with Crippen molar-refractivity contribution in [2.45, 2.75) is 26.1 Å². The number of hydrogen-bond donors (Lipinski definition) is 1. The minimum atomic E-state index is -0.514. The number of esters is 1. The first-order valence-electron chi connectivity index (χ1n) is 9.51. The molecule has 0 bridgehead atoms. The third-order valence-corrected chi connectivity index (χ3v) is 4.74. The van der Waals surface area contributed by atoms with Crippen LogP contribution in [-0.2, 0) is 11.4 Å². The Balaban J connectivity index is 1.54. The minimum Gasteiger partial charge on any atom is -0.507 e. The van der Waals surface area contributed by atoms with E-state index in [1.807, 2.05) is 30.3 Å². The topological polar surface area (TPSA) is 82.1 Å². The van der Waals surface area contributed by atoms with E-state index in [2.05, 4.69) is 0 Å². The highest BCUT2D eigenvalue weighted by atomic mass is 16.5. The highest BCUT2D eigenvalue weighted by Gasteiger charge is 2.31. The number of ketones is 1. The quantitative estimate of drug-likeness (QED) is 0.494. The first kappa shape index (κ1) is 19.5. The molecule has 6 nitrogen and oxygen atoms in total. The molecule has 4 rings (SSSR count). The number of rotatable bonds is 5. The van der Waals surface area contributed by atoms with E-state index in [0.717, 1.165) is 11.1 Å². The van der Waals surface area contributed by atoms with Gasteiger partial charge in [-0.2, -0.15) is 0 Å². The Morgan fingerprint density at radius 2 is 1.80 bits per heavy atom. The lowest BCUT2D eigenvalue weighted by molar-refractivity contribution is -0.131. The van der Waals surface area contributed by atoms with E-state index in [1.54, 1.807) is 30.3 Å². The standard InChI is InChI=1S/C24H20O6/c1-15(25)29-18-9-7-17(8-10-18)22-13-21(27)24-20(26)11-19(12-23(24)30-22)28-14-16-5-3-2-4-6-16/h2-12,22,26H,13-14H2,1H3. The number of fused-ring (bicyclic) bond motifs is 1. The fraction of sp³-hybridized carbons (Fsp3) is 0.167. The van der Waals surface area contributed by atoms with Crippen LogP contribution in [0.15, 0.2) is 66.7 Å². The molecule has 1 atom stereocenters. The normalized spacial score (nSPS) is 15.1. The second kappa shape index (κ2) is 8.29. The average Bonchev–Trinajstić information content (AvgIpc) is 2.72. The lowest BCUT2D eigenvalue weighted by atomic mass is 9.95. The van der Waals surface area contributed by atoms with Crippen LogP contribution >= 0.6 is 0 Å². The van der Waals surface area contributed by atoms with Crippen LogP contribution in [0.4, 0.5) is 0 Å². The average molecular weight is 404 g/mol. The molecule has 1 unspecified atom stereocenters. The Kier molecular flexibility index (Phi) is 5.39. The molecular formula is C24H20O6. The van der Waals surface area contributed by atoms with Gasteiger partial charge in [0.15, 0.2) is 5.78 Å². The van der Waals surface area contributed by atoms with Gasteiger partial charge in [0.2, 0.25) is 0 Å². The van der Waals surface area contributed by atoms with Gasteiger partial charge in [0.25, 0.3) is 0 Å². The van der Waals surface area contributed by atoms with E-state index in [1.165, 1.54) is 13.0 Å². The van der Waals surface area contributed by atoms with Crippen molar-refractivity contribution in [1.82, 2.24) is 0 Å². The summed E-state index contributed by atoms with van der Waals surface area (Å²) >= 11 is 0. The molecule has 1 aliphatic rings. The van der Waals surface area contributed by atoms with Gasteiger partial charge in [0.1, 0.15) is 41.3 Å². The molecule has 6 heteroatoms. The summed E-state index contributed by atoms with van der Waals surface area (Å²) in [5.41, 5.74) is 1.91. The van der Waals surface area contributed by atoms with Crippen LogP contribution in [0.25, 0.3) is 0 Å². The van der Waals surface area contributed by atoms with Gasteiger partial charge in [-0.05, 0) is 23.3 Å². The van der Waals surface area contributed by atoms with Gasteiger partial charge in [-0.15, -0.1) is 0 Å². The number of carbonyl (C=O) groups excluding carboxylic acids is 2. The zero-order valence-corrected chi connectivity index (χ0v) is 16.3. The molecule has 30 heavy (non-hydrogen) atoms. The summed E-state index contributed by atoms with van der Waals surface area (Å²) in [5.74, 6) is 0.334. The van der Waals surface area contributed by atoms with Gasteiger partial charge in [-0.25, -0.2) is 0 Å². The molecule has 1 N–H and O–H groups in total. The molecule has 0 saturated carbocycles. The molecule has 0 amide bonds. The molecule has 3 aromatic rings. The molecule has 0 radical (unpaired) electrons. The van der Waals surface area contributed by atoms with E-state index < -0.39 is 12.1 Å². The molecule has 0 aliphatic carbocycles. The van der Waals surface area contributed by atoms with Crippen molar-refractivity contribution in [2.24, 2.45) is 0 Å². The molecule has 0 spiro atoms. The van der Waals surface area contributed by atoms with Crippen LogP contribution in [0.5, 0.6) is 23.0 Å². The van der Waals surface area contributed by atoms with Gasteiger partial charge in [0.05, 0.1) is 6.42 Å². The summed E-state index contributed by atoms with van der Waals surface area (Å²) in [6, 6.07) is 19.5. The van der Waals surface area contributed by atoms with Crippen LogP contribution < -0.4 is 14.2 Å². The van der Waals surface area contributed by atoms with Gasteiger partial charge in [-0.1, -0.05) is 42.5 Å². The number of ether oxygens (including phenoxy) is 3. The smallest absolute Gasteiger partial charge is 0.308 e. The zero-order valence-electron chi connectivity index (χ0n) is 16.3. The maximum Gasteiger partial charge on any atom is 0.308 e. The Bertz CT molecular complexity index is 1070. The first-order valence-corrected chi connectivity index (χ1v) is 9.51. The minimum absolute atomic E-state index is 0.0949. The van der Waals surface area contributed by atoms with E-state index >= 15 is 0 Å². The second-order valence-electron chi connectivity index (χ2n) is 6.99. The number of hydrogen-bond acceptors (Lipinski definition) is 6. The van der Waals surface area contributed by atoms with E-state index in [-0.39, 0.29) is 29.3 Å². The van der Waals surface area contributed by atoms with Gasteiger partial charge >= 0.3 is 5.97 Å². The number of benzene rings is 3. The van der Waals surface area contributed by atoms with Gasteiger partial charge < -0.3 is 19.3 Å². The second-order valence-corrected chi connectivity index (χ2v) is 6.99. The maximum absolute atomic E-state index is 12.6. The number of carbonyl (C=O) groups is 2. The SMILES string of the molecule is CC(=O)Oc1ccc(C2CC(=O)c3c(O)cc(OCc4ccccc4)cc3O2)cc1. The van der Waals surface area contributed by atoms with E-state index in [4.69, 9.17) is 14.2 Å². The third-order valence-electron chi connectivity index (χ3n) is 4.74.